The molecule has 4 rings (SSSR count). The third kappa shape index (κ3) is 5.17. The fourth-order valence-corrected chi connectivity index (χ4v) is 3.74. The van der Waals surface area contributed by atoms with E-state index >= 15 is 0 Å². The summed E-state index contributed by atoms with van der Waals surface area (Å²) < 4.78 is 0. The first-order chi connectivity index (χ1) is 14.6. The molecule has 0 spiro atoms. The maximum Gasteiger partial charge on any atom is 0.252 e. The van der Waals surface area contributed by atoms with Gasteiger partial charge in [-0.05, 0) is 29.8 Å². The van der Waals surface area contributed by atoms with Crippen molar-refractivity contribution in [2.45, 2.75) is 19.0 Å². The Labute approximate surface area is 180 Å². The van der Waals surface area contributed by atoms with Crippen LogP contribution in [-0.2, 0) is 16.1 Å². The van der Waals surface area contributed by atoms with Gasteiger partial charge >= 0.3 is 0 Å². The van der Waals surface area contributed by atoms with Crippen LogP contribution in [0.5, 0.6) is 0 Å². The van der Waals surface area contributed by atoms with Crippen LogP contribution in [0.15, 0.2) is 59.6 Å². The fraction of sp³-hybridized carbons (Fsp3) is 0.318. The molecule has 2 heterocycles. The molecule has 0 unspecified atom stereocenters. The topological polar surface area (TPSA) is 77.0 Å². The Morgan fingerprint density at radius 3 is 2.47 bits per heavy atom. The first-order valence-electron chi connectivity index (χ1n) is 10.0. The number of carbonyl (C=O) groups is 2. The highest BCUT2D eigenvalue weighted by Crippen LogP contribution is 2.16. The maximum atomic E-state index is 12.3. The standard InChI is InChI=1S/C22H24ClN5O2/c23-17-6-8-18(9-7-17)24-20(29)14-19-21(30)26-22(25-19)28-12-10-27(11-13-28)15-16-4-2-1-3-5-16/h1-9,19H,10-15H2,(H,24,29)(H,25,26,30)/t19-/m0/s1. The first-order valence-corrected chi connectivity index (χ1v) is 10.4. The number of halogens is 1. The molecule has 2 aromatic rings. The van der Waals surface area contributed by atoms with E-state index in [1.54, 1.807) is 24.3 Å². The molecule has 1 atom stereocenters. The zero-order valence-electron chi connectivity index (χ0n) is 16.6. The van der Waals surface area contributed by atoms with Gasteiger partial charge in [0.25, 0.3) is 5.91 Å². The van der Waals surface area contributed by atoms with Crippen LogP contribution < -0.4 is 10.6 Å². The smallest absolute Gasteiger partial charge is 0.252 e. The van der Waals surface area contributed by atoms with Gasteiger partial charge in [0.15, 0.2) is 0 Å². The van der Waals surface area contributed by atoms with Gasteiger partial charge in [-0.25, -0.2) is 4.99 Å². The van der Waals surface area contributed by atoms with Gasteiger partial charge in [-0.15, -0.1) is 0 Å². The third-order valence-corrected chi connectivity index (χ3v) is 5.50. The average Bonchev–Trinajstić information content (AvgIpc) is 3.11. The van der Waals surface area contributed by atoms with E-state index in [0.29, 0.717) is 16.7 Å². The van der Waals surface area contributed by atoms with E-state index in [4.69, 9.17) is 11.6 Å². The number of hydrogen-bond acceptors (Lipinski definition) is 5. The number of nitrogens with one attached hydrogen (secondary N) is 2. The minimum Gasteiger partial charge on any atom is -0.340 e. The van der Waals surface area contributed by atoms with Crippen molar-refractivity contribution in [3.05, 3.63) is 65.2 Å². The molecule has 2 aliphatic heterocycles. The molecule has 2 N–H and O–H groups in total. The number of nitrogens with zero attached hydrogens (tertiary/aromatic N) is 3. The molecule has 2 amide bonds. The number of anilines is 1. The average molecular weight is 426 g/mol. The Morgan fingerprint density at radius 2 is 1.77 bits per heavy atom. The van der Waals surface area contributed by atoms with Crippen molar-refractivity contribution < 1.29 is 9.59 Å². The Balaban J connectivity index is 1.28. The normalized spacial score (nSPS) is 19.4. The summed E-state index contributed by atoms with van der Waals surface area (Å²) in [6, 6.07) is 16.5. The maximum absolute atomic E-state index is 12.3. The van der Waals surface area contributed by atoms with Crippen LogP contribution in [0, 0.1) is 0 Å². The van der Waals surface area contributed by atoms with Gasteiger partial charge in [0.2, 0.25) is 11.9 Å². The van der Waals surface area contributed by atoms with E-state index < -0.39 is 6.04 Å². The second-order valence-electron chi connectivity index (χ2n) is 7.47. The summed E-state index contributed by atoms with van der Waals surface area (Å²) in [6.45, 7) is 4.28. The summed E-state index contributed by atoms with van der Waals surface area (Å²) in [6.07, 6.45) is 0.00588. The van der Waals surface area contributed by atoms with Crippen molar-refractivity contribution in [2.75, 3.05) is 31.5 Å². The Kier molecular flexibility index (Phi) is 6.30. The van der Waals surface area contributed by atoms with Crippen molar-refractivity contribution in [1.82, 2.24) is 15.1 Å². The summed E-state index contributed by atoms with van der Waals surface area (Å²) in [4.78, 5) is 33.5. The van der Waals surface area contributed by atoms with Crippen LogP contribution in [-0.4, -0.2) is 59.8 Å². The van der Waals surface area contributed by atoms with Gasteiger partial charge in [0.1, 0.15) is 6.04 Å². The molecule has 0 bridgehead atoms. The SMILES string of the molecule is O=C(C[C@@H]1N=C(N2CCN(Cc3ccccc3)CC2)NC1=O)Nc1ccc(Cl)cc1. The summed E-state index contributed by atoms with van der Waals surface area (Å²) in [5.74, 6) is 0.0850. The molecule has 7 nitrogen and oxygen atoms in total. The van der Waals surface area contributed by atoms with Crippen molar-refractivity contribution in [3.8, 4) is 0 Å². The summed E-state index contributed by atoms with van der Waals surface area (Å²) in [5.41, 5.74) is 1.94. The Morgan fingerprint density at radius 1 is 1.07 bits per heavy atom. The van der Waals surface area contributed by atoms with Crippen LogP contribution in [0.25, 0.3) is 0 Å². The largest absolute Gasteiger partial charge is 0.340 e. The van der Waals surface area contributed by atoms with Crippen LogP contribution in [0.1, 0.15) is 12.0 Å². The zero-order valence-corrected chi connectivity index (χ0v) is 17.3. The monoisotopic (exact) mass is 425 g/mol. The van der Waals surface area contributed by atoms with Crippen molar-refractivity contribution in [3.63, 3.8) is 0 Å². The number of amides is 2. The van der Waals surface area contributed by atoms with E-state index in [1.165, 1.54) is 5.56 Å². The van der Waals surface area contributed by atoms with E-state index in [1.807, 2.05) is 6.07 Å². The molecule has 1 saturated heterocycles. The first kappa shape index (κ1) is 20.4. The molecule has 2 aromatic carbocycles. The number of guanidine groups is 1. The van der Waals surface area contributed by atoms with Gasteiger partial charge in [-0.2, -0.15) is 0 Å². The third-order valence-electron chi connectivity index (χ3n) is 5.24. The van der Waals surface area contributed by atoms with Crippen LogP contribution in [0.2, 0.25) is 5.02 Å². The minimum atomic E-state index is -0.699. The molecule has 2 aliphatic rings. The van der Waals surface area contributed by atoms with E-state index in [0.717, 1.165) is 32.7 Å². The molecule has 1 fully saturated rings. The quantitative estimate of drug-likeness (QED) is 0.770. The van der Waals surface area contributed by atoms with Gasteiger partial charge in [-0.3, -0.25) is 19.8 Å². The predicted octanol–water partition coefficient (Wildman–Crippen LogP) is 2.34. The summed E-state index contributed by atoms with van der Waals surface area (Å²) >= 11 is 5.85. The lowest BCUT2D eigenvalue weighted by atomic mass is 10.2. The van der Waals surface area contributed by atoms with E-state index in [2.05, 4.69) is 49.7 Å². The number of carbonyl (C=O) groups excluding carboxylic acids is 2. The lowest BCUT2D eigenvalue weighted by Crippen LogP contribution is -2.51. The number of aliphatic imine (C=N–C) groups is 1. The van der Waals surface area contributed by atoms with E-state index in [-0.39, 0.29) is 18.2 Å². The second-order valence-corrected chi connectivity index (χ2v) is 7.90. The molecule has 8 heteroatoms. The van der Waals surface area contributed by atoms with Crippen molar-refractivity contribution in [2.24, 2.45) is 4.99 Å². The molecule has 156 valence electrons. The van der Waals surface area contributed by atoms with Gasteiger partial charge in [0.05, 0.1) is 6.42 Å². The van der Waals surface area contributed by atoms with Gasteiger partial charge in [0, 0.05) is 43.4 Å². The van der Waals surface area contributed by atoms with Gasteiger partial charge < -0.3 is 10.2 Å². The van der Waals surface area contributed by atoms with Gasteiger partial charge in [-0.1, -0.05) is 41.9 Å². The Hall–Kier alpha value is -2.90. The van der Waals surface area contributed by atoms with Crippen molar-refractivity contribution >= 4 is 35.1 Å². The molecular weight excluding hydrogens is 402 g/mol. The number of hydrogen-bond donors (Lipinski definition) is 2. The lowest BCUT2D eigenvalue weighted by molar-refractivity contribution is -0.124. The number of piperazine rings is 1. The second kappa shape index (κ2) is 9.28. The summed E-state index contributed by atoms with van der Waals surface area (Å²) in [7, 11) is 0. The molecule has 30 heavy (non-hydrogen) atoms. The predicted molar refractivity (Wildman–Crippen MR) is 117 cm³/mol. The van der Waals surface area contributed by atoms with Crippen LogP contribution in [0.3, 0.4) is 0 Å². The number of benzene rings is 2. The number of rotatable bonds is 5. The van der Waals surface area contributed by atoms with Crippen molar-refractivity contribution in [1.29, 1.82) is 0 Å². The molecular formula is C22H24ClN5O2. The molecule has 0 aromatic heterocycles. The summed E-state index contributed by atoms with van der Waals surface area (Å²) in [5, 5.41) is 6.21. The Bertz CT molecular complexity index is 924. The lowest BCUT2D eigenvalue weighted by Gasteiger charge is -2.35. The minimum absolute atomic E-state index is 0.00588. The zero-order chi connectivity index (χ0) is 20.9. The molecule has 0 aliphatic carbocycles. The van der Waals surface area contributed by atoms with E-state index in [9.17, 15) is 9.59 Å². The highest BCUT2D eigenvalue weighted by atomic mass is 35.5. The highest BCUT2D eigenvalue weighted by Gasteiger charge is 2.32. The van der Waals surface area contributed by atoms with Crippen LogP contribution in [0.4, 0.5) is 5.69 Å². The fourth-order valence-electron chi connectivity index (χ4n) is 3.61. The molecule has 0 saturated carbocycles. The van der Waals surface area contributed by atoms with Crippen LogP contribution >= 0.6 is 11.6 Å². The molecule has 0 radical (unpaired) electrons. The highest BCUT2D eigenvalue weighted by molar-refractivity contribution is 6.30.